The molecular formula is C25H39NO5. The van der Waals surface area contributed by atoms with E-state index in [4.69, 9.17) is 9.47 Å². The van der Waals surface area contributed by atoms with E-state index in [9.17, 15) is 14.4 Å². The van der Waals surface area contributed by atoms with Crippen LogP contribution in [0.2, 0.25) is 0 Å². The van der Waals surface area contributed by atoms with Gasteiger partial charge in [0.15, 0.2) is 0 Å². The van der Waals surface area contributed by atoms with Crippen LogP contribution in [0.1, 0.15) is 79.4 Å². The highest BCUT2D eigenvalue weighted by Crippen LogP contribution is 2.23. The molecule has 0 bridgehead atoms. The van der Waals surface area contributed by atoms with Crippen molar-refractivity contribution in [2.24, 2.45) is 5.92 Å². The Kier molecular flexibility index (Phi) is 9.72. The van der Waals surface area contributed by atoms with Crippen LogP contribution in [0.4, 0.5) is 4.79 Å². The van der Waals surface area contributed by atoms with E-state index in [-0.39, 0.29) is 12.5 Å². The topological polar surface area (TPSA) is 72.9 Å². The molecule has 0 aliphatic carbocycles. The number of amides is 1. The first-order valence-corrected chi connectivity index (χ1v) is 11.0. The molecule has 0 aromatic heterocycles. The first kappa shape index (κ1) is 26.7. The minimum Gasteiger partial charge on any atom is -0.458 e. The highest BCUT2D eigenvalue weighted by atomic mass is 16.6. The van der Waals surface area contributed by atoms with Crippen LogP contribution in [0.15, 0.2) is 24.3 Å². The van der Waals surface area contributed by atoms with Gasteiger partial charge in [0.2, 0.25) is 0 Å². The SMILES string of the molecule is CC(C)CC(C(=O)OC(C)(C)C)N(Cc1ccc(CCC=O)cc1)C(=O)OC(C)(C)C. The van der Waals surface area contributed by atoms with Crippen LogP contribution in [-0.4, -0.2) is 40.5 Å². The standard InChI is InChI=1S/C25H39NO5/c1-18(2)16-21(22(28)30-24(3,4)5)26(23(29)31-25(6,7)8)17-20-13-11-19(12-14-20)10-9-15-27/h11-15,18,21H,9-10,16-17H2,1-8H3. The van der Waals surface area contributed by atoms with Crippen LogP contribution in [0, 0.1) is 5.92 Å². The van der Waals surface area contributed by atoms with Crippen molar-refractivity contribution in [3.05, 3.63) is 35.4 Å². The number of carbonyl (C=O) groups excluding carboxylic acids is 3. The highest BCUT2D eigenvalue weighted by Gasteiger charge is 2.36. The third kappa shape index (κ3) is 10.5. The summed E-state index contributed by atoms with van der Waals surface area (Å²) in [5.74, 6) is -0.261. The van der Waals surface area contributed by atoms with E-state index in [1.807, 2.05) is 58.9 Å². The molecule has 0 aliphatic heterocycles. The average molecular weight is 434 g/mol. The third-order valence-corrected chi connectivity index (χ3v) is 4.30. The van der Waals surface area contributed by atoms with Crippen molar-refractivity contribution in [2.45, 2.75) is 98.4 Å². The summed E-state index contributed by atoms with van der Waals surface area (Å²) in [5.41, 5.74) is 0.569. The summed E-state index contributed by atoms with van der Waals surface area (Å²) in [5, 5.41) is 0. The lowest BCUT2D eigenvalue weighted by atomic mass is 10.0. The number of aldehydes is 1. The second-order valence-corrected chi connectivity index (χ2v) is 10.3. The van der Waals surface area contributed by atoms with E-state index < -0.39 is 29.3 Å². The van der Waals surface area contributed by atoms with E-state index in [0.29, 0.717) is 19.3 Å². The summed E-state index contributed by atoms with van der Waals surface area (Å²) >= 11 is 0. The molecule has 1 atom stereocenters. The van der Waals surface area contributed by atoms with E-state index >= 15 is 0 Å². The fraction of sp³-hybridized carbons (Fsp3) is 0.640. The Morgan fingerprint density at radius 3 is 1.90 bits per heavy atom. The second-order valence-electron chi connectivity index (χ2n) is 10.3. The zero-order valence-electron chi connectivity index (χ0n) is 20.4. The van der Waals surface area contributed by atoms with Gasteiger partial charge in [-0.15, -0.1) is 0 Å². The number of aryl methyl sites for hydroxylation is 1. The molecule has 0 spiro atoms. The van der Waals surface area contributed by atoms with E-state index in [1.54, 1.807) is 20.8 Å². The molecule has 31 heavy (non-hydrogen) atoms. The maximum absolute atomic E-state index is 13.1. The number of esters is 1. The second kappa shape index (κ2) is 11.3. The predicted octanol–water partition coefficient (Wildman–Crippen LogP) is 5.31. The van der Waals surface area contributed by atoms with E-state index in [1.165, 1.54) is 4.90 Å². The zero-order chi connectivity index (χ0) is 23.8. The first-order valence-electron chi connectivity index (χ1n) is 11.0. The molecule has 6 heteroatoms. The van der Waals surface area contributed by atoms with Gasteiger partial charge in [-0.1, -0.05) is 38.1 Å². The number of nitrogens with zero attached hydrogens (tertiary/aromatic N) is 1. The molecule has 0 N–H and O–H groups in total. The van der Waals surface area contributed by atoms with Gasteiger partial charge in [-0.3, -0.25) is 4.90 Å². The maximum Gasteiger partial charge on any atom is 0.411 e. The summed E-state index contributed by atoms with van der Waals surface area (Å²) in [6.07, 6.45) is 1.96. The van der Waals surface area contributed by atoms with Gasteiger partial charge >= 0.3 is 12.1 Å². The van der Waals surface area contributed by atoms with Crippen molar-refractivity contribution in [2.75, 3.05) is 0 Å². The van der Waals surface area contributed by atoms with E-state index in [0.717, 1.165) is 17.4 Å². The van der Waals surface area contributed by atoms with Crippen LogP contribution in [0.3, 0.4) is 0 Å². The molecule has 1 aromatic carbocycles. The van der Waals surface area contributed by atoms with Crippen LogP contribution >= 0.6 is 0 Å². The molecule has 0 radical (unpaired) electrons. The normalized spacial score (nSPS) is 12.9. The average Bonchev–Trinajstić information content (AvgIpc) is 2.60. The van der Waals surface area contributed by atoms with Crippen molar-refractivity contribution in [3.63, 3.8) is 0 Å². The summed E-state index contributed by atoms with van der Waals surface area (Å²) in [4.78, 5) is 38.3. The van der Waals surface area contributed by atoms with Crippen LogP contribution in [0.5, 0.6) is 0 Å². The smallest absolute Gasteiger partial charge is 0.411 e. The fourth-order valence-electron chi connectivity index (χ4n) is 3.02. The van der Waals surface area contributed by atoms with Crippen molar-refractivity contribution in [1.29, 1.82) is 0 Å². The Labute approximate surface area is 187 Å². The molecule has 1 rings (SSSR count). The number of hydrogen-bond donors (Lipinski definition) is 0. The van der Waals surface area contributed by atoms with E-state index in [2.05, 4.69) is 0 Å². The molecule has 1 unspecified atom stereocenters. The Morgan fingerprint density at radius 1 is 0.935 bits per heavy atom. The van der Waals surface area contributed by atoms with Gasteiger partial charge in [-0.2, -0.15) is 0 Å². The van der Waals surface area contributed by atoms with Gasteiger partial charge in [-0.05, 0) is 71.4 Å². The fourth-order valence-corrected chi connectivity index (χ4v) is 3.02. The Morgan fingerprint density at radius 2 is 1.45 bits per heavy atom. The molecular weight excluding hydrogens is 394 g/mol. The van der Waals surface area contributed by atoms with Crippen LogP contribution < -0.4 is 0 Å². The van der Waals surface area contributed by atoms with Gasteiger partial charge in [0, 0.05) is 13.0 Å². The Hall–Kier alpha value is -2.37. The monoisotopic (exact) mass is 433 g/mol. The van der Waals surface area contributed by atoms with Crippen molar-refractivity contribution < 1.29 is 23.9 Å². The van der Waals surface area contributed by atoms with Crippen LogP contribution in [0.25, 0.3) is 0 Å². The molecule has 1 aromatic rings. The van der Waals surface area contributed by atoms with Gasteiger partial charge in [0.05, 0.1) is 0 Å². The summed E-state index contributed by atoms with van der Waals surface area (Å²) in [6.45, 7) is 15.1. The predicted molar refractivity (Wildman–Crippen MR) is 122 cm³/mol. The van der Waals surface area contributed by atoms with Gasteiger partial charge in [0.25, 0.3) is 0 Å². The molecule has 0 fully saturated rings. The lowest BCUT2D eigenvalue weighted by Gasteiger charge is -2.34. The Bertz CT molecular complexity index is 726. The lowest BCUT2D eigenvalue weighted by molar-refractivity contribution is -0.162. The number of ether oxygens (including phenoxy) is 2. The molecule has 174 valence electrons. The number of rotatable bonds is 9. The highest BCUT2D eigenvalue weighted by molar-refractivity contribution is 5.82. The lowest BCUT2D eigenvalue weighted by Crippen LogP contribution is -2.49. The van der Waals surface area contributed by atoms with Crippen molar-refractivity contribution in [1.82, 2.24) is 4.90 Å². The third-order valence-electron chi connectivity index (χ3n) is 4.30. The molecule has 0 aliphatic rings. The molecule has 6 nitrogen and oxygen atoms in total. The largest absolute Gasteiger partial charge is 0.458 e. The maximum atomic E-state index is 13.1. The number of hydrogen-bond acceptors (Lipinski definition) is 5. The van der Waals surface area contributed by atoms with Gasteiger partial charge in [0.1, 0.15) is 23.5 Å². The summed E-state index contributed by atoms with van der Waals surface area (Å²) in [7, 11) is 0. The number of benzene rings is 1. The Balaban J connectivity index is 3.23. The molecule has 1 amide bonds. The minimum atomic E-state index is -0.760. The summed E-state index contributed by atoms with van der Waals surface area (Å²) in [6, 6.07) is 6.95. The minimum absolute atomic E-state index is 0.174. The van der Waals surface area contributed by atoms with Crippen LogP contribution in [-0.2, 0) is 32.0 Å². The zero-order valence-corrected chi connectivity index (χ0v) is 20.4. The quantitative estimate of drug-likeness (QED) is 0.390. The molecule has 0 saturated carbocycles. The summed E-state index contributed by atoms with van der Waals surface area (Å²) < 4.78 is 11.3. The van der Waals surface area contributed by atoms with Gasteiger partial charge < -0.3 is 14.3 Å². The molecule has 0 saturated heterocycles. The van der Waals surface area contributed by atoms with Crippen molar-refractivity contribution >= 4 is 18.3 Å². The first-order chi connectivity index (χ1) is 14.2. The van der Waals surface area contributed by atoms with Crippen molar-refractivity contribution in [3.8, 4) is 0 Å². The van der Waals surface area contributed by atoms with Gasteiger partial charge in [-0.25, -0.2) is 9.59 Å². The molecule has 0 heterocycles. The number of carbonyl (C=O) groups is 3.